The van der Waals surface area contributed by atoms with E-state index < -0.39 is 6.10 Å². The minimum absolute atomic E-state index is 0.0207. The van der Waals surface area contributed by atoms with Gasteiger partial charge in [-0.1, -0.05) is 34.1 Å². The molecular formula is C26H34O6. The van der Waals surface area contributed by atoms with Crippen LogP contribution in [0.2, 0.25) is 0 Å². The Labute approximate surface area is 189 Å². The number of Topliss-reactive ketones (excluding diaryl/α,β-unsaturated/α-hetero) is 1. The zero-order chi connectivity index (χ0) is 23.6. The summed E-state index contributed by atoms with van der Waals surface area (Å²) in [4.78, 5) is 13.0. The summed E-state index contributed by atoms with van der Waals surface area (Å²) in [5, 5.41) is 31.4. The molecule has 6 heteroatoms. The van der Waals surface area contributed by atoms with E-state index in [1.54, 1.807) is 6.07 Å². The van der Waals surface area contributed by atoms with Crippen molar-refractivity contribution in [1.82, 2.24) is 0 Å². The van der Waals surface area contributed by atoms with E-state index in [9.17, 15) is 20.1 Å². The molecule has 0 bridgehead atoms. The lowest BCUT2D eigenvalue weighted by molar-refractivity contribution is 0.0841. The van der Waals surface area contributed by atoms with Gasteiger partial charge in [0.05, 0.1) is 13.5 Å². The summed E-state index contributed by atoms with van der Waals surface area (Å²) < 4.78 is 11.3. The van der Waals surface area contributed by atoms with E-state index in [2.05, 4.69) is 27.7 Å². The molecule has 0 saturated carbocycles. The molecule has 0 saturated heterocycles. The van der Waals surface area contributed by atoms with Crippen LogP contribution in [0.1, 0.15) is 74.5 Å². The lowest BCUT2D eigenvalue weighted by Gasteiger charge is -2.29. The molecule has 32 heavy (non-hydrogen) atoms. The number of methoxy groups -OCH3 is 1. The first-order valence-corrected chi connectivity index (χ1v) is 11.3. The zero-order valence-corrected chi connectivity index (χ0v) is 19.5. The summed E-state index contributed by atoms with van der Waals surface area (Å²) in [5.41, 5.74) is 1.14. The van der Waals surface area contributed by atoms with Gasteiger partial charge in [0.25, 0.3) is 0 Å². The van der Waals surface area contributed by atoms with Crippen molar-refractivity contribution in [3.05, 3.63) is 41.0 Å². The second-order valence-corrected chi connectivity index (χ2v) is 9.44. The van der Waals surface area contributed by atoms with Crippen molar-refractivity contribution in [2.75, 3.05) is 7.11 Å². The monoisotopic (exact) mass is 442 g/mol. The SMILES string of the molecule is COc1cc(O)ccc1[C@@H]1CC(=O)c2c(cc(O)c(C[C@@H](CCC(C)C)C(C)C)c2O)O1. The molecule has 0 aliphatic carbocycles. The van der Waals surface area contributed by atoms with E-state index in [1.165, 1.54) is 25.3 Å². The number of hydrogen-bond donors (Lipinski definition) is 3. The highest BCUT2D eigenvalue weighted by Gasteiger charge is 2.34. The van der Waals surface area contributed by atoms with Gasteiger partial charge in [0.1, 0.15) is 40.4 Å². The van der Waals surface area contributed by atoms with Crippen LogP contribution in [0.5, 0.6) is 28.7 Å². The maximum absolute atomic E-state index is 13.0. The lowest BCUT2D eigenvalue weighted by atomic mass is 9.82. The Hall–Kier alpha value is -2.89. The van der Waals surface area contributed by atoms with Gasteiger partial charge >= 0.3 is 0 Å². The third-order valence-electron chi connectivity index (χ3n) is 6.35. The summed E-state index contributed by atoms with van der Waals surface area (Å²) in [6.07, 6.45) is 1.92. The van der Waals surface area contributed by atoms with Crippen molar-refractivity contribution in [1.29, 1.82) is 0 Å². The second-order valence-electron chi connectivity index (χ2n) is 9.44. The number of rotatable bonds is 8. The molecule has 0 radical (unpaired) electrons. The van der Waals surface area contributed by atoms with Gasteiger partial charge in [0, 0.05) is 23.3 Å². The topological polar surface area (TPSA) is 96.2 Å². The highest BCUT2D eigenvalue weighted by molar-refractivity contribution is 6.03. The molecule has 0 amide bonds. The highest BCUT2D eigenvalue weighted by Crippen LogP contribution is 2.47. The number of ketones is 1. The van der Waals surface area contributed by atoms with E-state index in [0.29, 0.717) is 35.1 Å². The number of hydrogen-bond acceptors (Lipinski definition) is 6. The third-order valence-corrected chi connectivity index (χ3v) is 6.35. The molecule has 0 spiro atoms. The molecule has 0 aromatic heterocycles. The Kier molecular flexibility index (Phi) is 7.22. The van der Waals surface area contributed by atoms with Crippen LogP contribution in [0.3, 0.4) is 0 Å². The molecule has 1 aliphatic rings. The number of aromatic hydroxyl groups is 3. The Morgan fingerprint density at radius 1 is 1.09 bits per heavy atom. The predicted molar refractivity (Wildman–Crippen MR) is 123 cm³/mol. The minimum atomic E-state index is -0.648. The standard InChI is InChI=1S/C26H34O6/c1-14(2)6-7-16(15(3)4)10-19-20(28)12-24-25(26(19)30)21(29)13-23(32-24)18-9-8-17(27)11-22(18)31-5/h8-9,11-12,14-16,23,27-28,30H,6-7,10,13H2,1-5H3/t16-,23+/m1/s1. The molecule has 1 heterocycles. The fourth-order valence-electron chi connectivity index (χ4n) is 4.32. The van der Waals surface area contributed by atoms with Gasteiger partial charge in [-0.05, 0) is 42.7 Å². The van der Waals surface area contributed by atoms with Crippen molar-refractivity contribution >= 4 is 5.78 Å². The number of fused-ring (bicyclic) bond motifs is 1. The van der Waals surface area contributed by atoms with Crippen LogP contribution in [0.25, 0.3) is 0 Å². The number of benzene rings is 2. The first-order valence-electron chi connectivity index (χ1n) is 11.3. The van der Waals surface area contributed by atoms with Gasteiger partial charge in [-0.25, -0.2) is 0 Å². The average Bonchev–Trinajstić information content (AvgIpc) is 2.71. The number of phenols is 3. The minimum Gasteiger partial charge on any atom is -0.508 e. The molecule has 174 valence electrons. The van der Waals surface area contributed by atoms with Crippen LogP contribution in [-0.4, -0.2) is 28.2 Å². The Morgan fingerprint density at radius 3 is 2.44 bits per heavy atom. The molecule has 0 fully saturated rings. The molecule has 2 aromatic carbocycles. The lowest BCUT2D eigenvalue weighted by Crippen LogP contribution is -2.22. The van der Waals surface area contributed by atoms with E-state index in [-0.39, 0.29) is 46.7 Å². The first kappa shape index (κ1) is 23.8. The molecule has 3 rings (SSSR count). The van der Waals surface area contributed by atoms with Gasteiger partial charge in [0.15, 0.2) is 5.78 Å². The van der Waals surface area contributed by atoms with Crippen molar-refractivity contribution in [3.8, 4) is 28.7 Å². The van der Waals surface area contributed by atoms with Gasteiger partial charge in [-0.2, -0.15) is 0 Å². The van der Waals surface area contributed by atoms with E-state index >= 15 is 0 Å². The zero-order valence-electron chi connectivity index (χ0n) is 19.5. The predicted octanol–water partition coefficient (Wildman–Crippen LogP) is 5.77. The van der Waals surface area contributed by atoms with Crippen LogP contribution in [0.15, 0.2) is 24.3 Å². The highest BCUT2D eigenvalue weighted by atomic mass is 16.5. The molecule has 2 aromatic rings. The summed E-state index contributed by atoms with van der Waals surface area (Å²) in [7, 11) is 1.48. The maximum Gasteiger partial charge on any atom is 0.174 e. The second kappa shape index (κ2) is 9.72. The fraction of sp³-hybridized carbons (Fsp3) is 0.500. The van der Waals surface area contributed by atoms with Crippen LogP contribution in [0.4, 0.5) is 0 Å². The molecule has 0 unspecified atom stereocenters. The third kappa shape index (κ3) is 4.95. The van der Waals surface area contributed by atoms with E-state index in [1.807, 2.05) is 0 Å². The summed E-state index contributed by atoms with van der Waals surface area (Å²) in [6.45, 7) is 8.64. The summed E-state index contributed by atoms with van der Waals surface area (Å²) in [6, 6.07) is 6.04. The molecule has 3 N–H and O–H groups in total. The molecule has 2 atom stereocenters. The van der Waals surface area contributed by atoms with Crippen LogP contribution < -0.4 is 9.47 Å². The van der Waals surface area contributed by atoms with E-state index in [0.717, 1.165) is 12.8 Å². The van der Waals surface area contributed by atoms with Crippen molar-refractivity contribution < 1.29 is 29.6 Å². The Morgan fingerprint density at radius 2 is 1.81 bits per heavy atom. The fourth-order valence-corrected chi connectivity index (χ4v) is 4.32. The Balaban J connectivity index is 1.93. The Bertz CT molecular complexity index is 979. The van der Waals surface area contributed by atoms with Crippen molar-refractivity contribution in [2.45, 2.75) is 59.5 Å². The average molecular weight is 443 g/mol. The maximum atomic E-state index is 13.0. The van der Waals surface area contributed by atoms with Crippen molar-refractivity contribution in [2.24, 2.45) is 17.8 Å². The van der Waals surface area contributed by atoms with Gasteiger partial charge in [-0.3, -0.25) is 4.79 Å². The normalized spacial score (nSPS) is 16.7. The molecular weight excluding hydrogens is 408 g/mol. The smallest absolute Gasteiger partial charge is 0.174 e. The summed E-state index contributed by atoms with van der Waals surface area (Å²) >= 11 is 0. The van der Waals surface area contributed by atoms with Crippen LogP contribution in [-0.2, 0) is 6.42 Å². The first-order chi connectivity index (χ1) is 15.1. The van der Waals surface area contributed by atoms with E-state index in [4.69, 9.17) is 9.47 Å². The van der Waals surface area contributed by atoms with Gasteiger partial charge in [-0.15, -0.1) is 0 Å². The molecule has 6 nitrogen and oxygen atoms in total. The quantitative estimate of drug-likeness (QED) is 0.480. The number of carbonyl (C=O) groups is 1. The van der Waals surface area contributed by atoms with Crippen LogP contribution >= 0.6 is 0 Å². The largest absolute Gasteiger partial charge is 0.508 e. The van der Waals surface area contributed by atoms with Crippen molar-refractivity contribution in [3.63, 3.8) is 0 Å². The number of ether oxygens (including phenoxy) is 2. The van der Waals surface area contributed by atoms with Gasteiger partial charge < -0.3 is 24.8 Å². The number of carbonyl (C=O) groups excluding carboxylic acids is 1. The summed E-state index contributed by atoms with van der Waals surface area (Å²) in [5.74, 6) is 1.33. The van der Waals surface area contributed by atoms with Crippen LogP contribution in [0, 0.1) is 17.8 Å². The van der Waals surface area contributed by atoms with Gasteiger partial charge in [0.2, 0.25) is 0 Å². The molecule has 1 aliphatic heterocycles. The number of phenolic OH excluding ortho intramolecular Hbond substituents is 3.